The maximum absolute atomic E-state index is 14.0. The van der Waals surface area contributed by atoms with Crippen LogP contribution in [0.25, 0.3) is 0 Å². The van der Waals surface area contributed by atoms with Crippen LogP contribution in [0.15, 0.2) is 59.5 Å². The summed E-state index contributed by atoms with van der Waals surface area (Å²) in [6, 6.07) is 12.5. The number of carbonyl (C=O) groups is 1. The van der Waals surface area contributed by atoms with Crippen molar-refractivity contribution >= 4 is 34.2 Å². The number of ether oxygens (including phenoxy) is 1. The van der Waals surface area contributed by atoms with Crippen LogP contribution in [-0.2, 0) is 19.6 Å². The third-order valence-electron chi connectivity index (χ3n) is 4.66. The van der Waals surface area contributed by atoms with Gasteiger partial charge >= 0.3 is 0 Å². The minimum atomic E-state index is -0.595. The highest BCUT2D eigenvalue weighted by molar-refractivity contribution is 9.10. The van der Waals surface area contributed by atoms with E-state index in [1.54, 1.807) is 16.7 Å². The van der Waals surface area contributed by atoms with Gasteiger partial charge in [0.2, 0.25) is 0 Å². The number of nitrogens with zero attached hydrogens (tertiary/aromatic N) is 2. The normalized spacial score (nSPS) is 11.6. The first-order chi connectivity index (χ1) is 14.4. The SMILES string of the molecule is Cl.NC(=O)c1cn(C[C@@H](O)CCCc2ccccc2OCc2ccc(Br)cc2F)cn1. The molecule has 3 aromatic rings. The molecule has 166 valence electrons. The number of para-hydroxylation sites is 1. The predicted molar refractivity (Wildman–Crippen MR) is 122 cm³/mol. The number of carbonyl (C=O) groups excluding carboxylic acids is 1. The lowest BCUT2D eigenvalue weighted by Gasteiger charge is -2.14. The molecule has 0 aliphatic heterocycles. The zero-order chi connectivity index (χ0) is 21.5. The molecule has 9 heteroatoms. The lowest BCUT2D eigenvalue weighted by molar-refractivity contribution is 0.0995. The van der Waals surface area contributed by atoms with E-state index in [0.29, 0.717) is 35.2 Å². The van der Waals surface area contributed by atoms with Gasteiger partial charge in [-0.25, -0.2) is 9.37 Å². The van der Waals surface area contributed by atoms with Crippen molar-refractivity contribution in [1.29, 1.82) is 0 Å². The Labute approximate surface area is 194 Å². The number of aliphatic hydroxyl groups is 1. The van der Waals surface area contributed by atoms with Crippen LogP contribution in [0, 0.1) is 5.82 Å². The molecule has 0 unspecified atom stereocenters. The van der Waals surface area contributed by atoms with Gasteiger partial charge in [0.15, 0.2) is 0 Å². The number of halogens is 3. The monoisotopic (exact) mass is 511 g/mol. The fourth-order valence-electron chi connectivity index (χ4n) is 3.10. The summed E-state index contributed by atoms with van der Waals surface area (Å²) in [6.07, 6.45) is 4.45. The molecule has 6 nitrogen and oxygen atoms in total. The number of aliphatic hydroxyl groups excluding tert-OH is 1. The van der Waals surface area contributed by atoms with Crippen LogP contribution >= 0.6 is 28.3 Å². The van der Waals surface area contributed by atoms with Crippen molar-refractivity contribution in [2.75, 3.05) is 0 Å². The molecular formula is C22H24BrClFN3O3. The summed E-state index contributed by atoms with van der Waals surface area (Å²) in [6.45, 7) is 0.475. The van der Waals surface area contributed by atoms with Crippen molar-refractivity contribution in [2.24, 2.45) is 5.73 Å². The molecule has 2 aromatic carbocycles. The van der Waals surface area contributed by atoms with Crippen molar-refractivity contribution in [3.63, 3.8) is 0 Å². The van der Waals surface area contributed by atoms with Gasteiger partial charge in [-0.1, -0.05) is 40.2 Å². The number of rotatable bonds is 10. The molecule has 1 atom stereocenters. The van der Waals surface area contributed by atoms with Gasteiger partial charge in [-0.05, 0) is 43.0 Å². The highest BCUT2D eigenvalue weighted by Gasteiger charge is 2.11. The van der Waals surface area contributed by atoms with Gasteiger partial charge in [-0.15, -0.1) is 12.4 Å². The van der Waals surface area contributed by atoms with Crippen LogP contribution in [0.3, 0.4) is 0 Å². The van der Waals surface area contributed by atoms with E-state index in [4.69, 9.17) is 10.5 Å². The molecule has 0 saturated carbocycles. The van der Waals surface area contributed by atoms with Crippen molar-refractivity contribution in [3.05, 3.63) is 82.1 Å². The number of primary amides is 1. The third-order valence-corrected chi connectivity index (χ3v) is 5.15. The van der Waals surface area contributed by atoms with E-state index in [-0.39, 0.29) is 30.5 Å². The molecule has 0 aliphatic carbocycles. The number of imidazole rings is 1. The second kappa shape index (κ2) is 11.8. The summed E-state index contributed by atoms with van der Waals surface area (Å²) in [4.78, 5) is 15.0. The number of aromatic nitrogens is 2. The first-order valence-electron chi connectivity index (χ1n) is 9.56. The predicted octanol–water partition coefficient (Wildman–Crippen LogP) is 4.27. The Morgan fingerprint density at radius 2 is 2.03 bits per heavy atom. The quantitative estimate of drug-likeness (QED) is 0.424. The average Bonchev–Trinajstić information content (AvgIpc) is 3.17. The maximum Gasteiger partial charge on any atom is 0.268 e. The number of hydrogen-bond acceptors (Lipinski definition) is 4. The largest absolute Gasteiger partial charge is 0.489 e. The molecule has 0 radical (unpaired) electrons. The van der Waals surface area contributed by atoms with Gasteiger partial charge in [0.05, 0.1) is 12.4 Å². The summed E-state index contributed by atoms with van der Waals surface area (Å²) < 4.78 is 22.2. The summed E-state index contributed by atoms with van der Waals surface area (Å²) in [5, 5.41) is 10.3. The maximum atomic E-state index is 14.0. The highest BCUT2D eigenvalue weighted by Crippen LogP contribution is 2.23. The van der Waals surface area contributed by atoms with Crippen LogP contribution in [0.4, 0.5) is 4.39 Å². The van der Waals surface area contributed by atoms with Gasteiger partial charge < -0.3 is 20.1 Å². The molecule has 0 aliphatic rings. The van der Waals surface area contributed by atoms with Gasteiger partial charge in [0, 0.05) is 22.8 Å². The van der Waals surface area contributed by atoms with Crippen LogP contribution in [-0.4, -0.2) is 26.7 Å². The second-order valence-corrected chi connectivity index (χ2v) is 7.91. The Morgan fingerprint density at radius 3 is 2.74 bits per heavy atom. The molecule has 31 heavy (non-hydrogen) atoms. The fraction of sp³-hybridized carbons (Fsp3) is 0.273. The summed E-state index contributed by atoms with van der Waals surface area (Å²) >= 11 is 3.25. The average molecular weight is 513 g/mol. The molecule has 0 saturated heterocycles. The Bertz CT molecular complexity index is 1020. The standard InChI is InChI=1S/C22H23BrFN3O3.ClH/c23-17-9-8-16(19(24)10-17)13-30-21-7-2-1-4-15(21)5-3-6-18(28)11-27-12-20(22(25)29)26-14-27;/h1-2,4,7-10,12,14,18,28H,3,5-6,11,13H2,(H2,25,29);1H/t18-;/m0./s1. The van der Waals surface area contributed by atoms with Crippen LogP contribution in [0.2, 0.25) is 0 Å². The van der Waals surface area contributed by atoms with E-state index in [9.17, 15) is 14.3 Å². The number of nitrogens with two attached hydrogens (primary N) is 1. The van der Waals surface area contributed by atoms with Gasteiger partial charge in [0.25, 0.3) is 5.91 Å². The Hall–Kier alpha value is -2.42. The summed E-state index contributed by atoms with van der Waals surface area (Å²) in [5.74, 6) is -0.207. The molecule has 3 N–H and O–H groups in total. The second-order valence-electron chi connectivity index (χ2n) is 7.00. The molecule has 1 amide bonds. The van der Waals surface area contributed by atoms with E-state index in [0.717, 1.165) is 12.0 Å². The lowest BCUT2D eigenvalue weighted by atomic mass is 10.0. The number of benzene rings is 2. The Kier molecular flexibility index (Phi) is 9.48. The van der Waals surface area contributed by atoms with Crippen molar-refractivity contribution in [3.8, 4) is 5.75 Å². The van der Waals surface area contributed by atoms with Crippen molar-refractivity contribution < 1.29 is 19.0 Å². The Morgan fingerprint density at radius 1 is 1.26 bits per heavy atom. The minimum absolute atomic E-state index is 0. The van der Waals surface area contributed by atoms with Crippen LogP contribution < -0.4 is 10.5 Å². The lowest BCUT2D eigenvalue weighted by Crippen LogP contribution is -2.15. The zero-order valence-corrected chi connectivity index (χ0v) is 19.1. The van der Waals surface area contributed by atoms with E-state index in [1.807, 2.05) is 24.3 Å². The number of amides is 1. The first-order valence-corrected chi connectivity index (χ1v) is 10.4. The topological polar surface area (TPSA) is 90.4 Å². The first kappa shape index (κ1) is 24.8. The smallest absolute Gasteiger partial charge is 0.268 e. The highest BCUT2D eigenvalue weighted by atomic mass is 79.9. The Balaban J connectivity index is 0.00000341. The molecule has 0 spiro atoms. The van der Waals surface area contributed by atoms with E-state index in [1.165, 1.54) is 18.6 Å². The molecule has 0 bridgehead atoms. The van der Waals surface area contributed by atoms with Crippen molar-refractivity contribution in [2.45, 2.75) is 38.5 Å². The molecular weight excluding hydrogens is 489 g/mol. The third kappa shape index (κ3) is 7.34. The van der Waals surface area contributed by atoms with E-state index in [2.05, 4.69) is 20.9 Å². The van der Waals surface area contributed by atoms with Crippen molar-refractivity contribution in [1.82, 2.24) is 9.55 Å². The molecule has 3 rings (SSSR count). The fourth-order valence-corrected chi connectivity index (χ4v) is 3.43. The molecule has 0 fully saturated rings. The molecule has 1 heterocycles. The molecule has 1 aromatic heterocycles. The number of hydrogen-bond donors (Lipinski definition) is 2. The zero-order valence-electron chi connectivity index (χ0n) is 16.7. The van der Waals surface area contributed by atoms with Gasteiger partial charge in [-0.2, -0.15) is 0 Å². The van der Waals surface area contributed by atoms with E-state index < -0.39 is 12.0 Å². The van der Waals surface area contributed by atoms with Gasteiger partial charge in [-0.3, -0.25) is 4.79 Å². The van der Waals surface area contributed by atoms with E-state index >= 15 is 0 Å². The van der Waals surface area contributed by atoms with Crippen LogP contribution in [0.1, 0.15) is 34.5 Å². The number of aryl methyl sites for hydroxylation is 1. The summed E-state index contributed by atoms with van der Waals surface area (Å²) in [7, 11) is 0. The van der Waals surface area contributed by atoms with Crippen LogP contribution in [0.5, 0.6) is 5.75 Å². The summed E-state index contributed by atoms with van der Waals surface area (Å²) in [5.41, 5.74) is 6.84. The minimum Gasteiger partial charge on any atom is -0.489 e. The van der Waals surface area contributed by atoms with Gasteiger partial charge in [0.1, 0.15) is 23.9 Å².